The van der Waals surface area contributed by atoms with E-state index in [0.717, 1.165) is 25.0 Å². The summed E-state index contributed by atoms with van der Waals surface area (Å²) in [5.74, 6) is 1.12. The average Bonchev–Trinajstić information content (AvgIpc) is 2.27. The van der Waals surface area contributed by atoms with Gasteiger partial charge in [-0.2, -0.15) is 0 Å². The van der Waals surface area contributed by atoms with E-state index in [1.54, 1.807) is 0 Å². The zero-order valence-corrected chi connectivity index (χ0v) is 9.98. The maximum atomic E-state index is 10.0. The Labute approximate surface area is 96.3 Å². The molecule has 0 spiro atoms. The Hall–Kier alpha value is -0.760. The molecule has 1 nitrogen and oxygen atoms in total. The predicted molar refractivity (Wildman–Crippen MR) is 66.1 cm³/mol. The molecule has 2 heteroatoms. The van der Waals surface area contributed by atoms with E-state index in [4.69, 9.17) is 0 Å². The van der Waals surface area contributed by atoms with Crippen LogP contribution in [0.25, 0.3) is 0 Å². The minimum atomic E-state index is 0.573. The third kappa shape index (κ3) is 5.03. The van der Waals surface area contributed by atoms with Crippen molar-refractivity contribution in [2.45, 2.75) is 37.5 Å². The fourth-order valence-electron chi connectivity index (χ4n) is 1.45. The molecule has 1 aromatic rings. The molecular formula is C13H17OS. The highest BCUT2D eigenvalue weighted by molar-refractivity contribution is 7.99. The highest BCUT2D eigenvalue weighted by Crippen LogP contribution is 2.18. The smallest absolute Gasteiger partial charge is 0.198 e. The SMILES string of the molecule is CCSc1ccc(CCCC[C]=O)cc1. The first kappa shape index (κ1) is 12.3. The van der Waals surface area contributed by atoms with Crippen LogP contribution in [0.15, 0.2) is 29.2 Å². The van der Waals surface area contributed by atoms with Crippen LogP contribution in [0.5, 0.6) is 0 Å². The molecule has 0 fully saturated rings. The lowest BCUT2D eigenvalue weighted by atomic mass is 10.1. The van der Waals surface area contributed by atoms with E-state index in [2.05, 4.69) is 31.2 Å². The van der Waals surface area contributed by atoms with Gasteiger partial charge in [-0.1, -0.05) is 19.1 Å². The summed E-state index contributed by atoms with van der Waals surface area (Å²) in [5, 5.41) is 0. The van der Waals surface area contributed by atoms with Crippen molar-refractivity contribution < 1.29 is 4.79 Å². The second-order valence-electron chi connectivity index (χ2n) is 3.43. The van der Waals surface area contributed by atoms with Gasteiger partial charge >= 0.3 is 0 Å². The van der Waals surface area contributed by atoms with E-state index in [-0.39, 0.29) is 0 Å². The third-order valence-electron chi connectivity index (χ3n) is 2.23. The van der Waals surface area contributed by atoms with Crippen LogP contribution >= 0.6 is 11.8 Å². The molecule has 0 unspecified atom stereocenters. The number of aryl methyl sites for hydroxylation is 1. The van der Waals surface area contributed by atoms with Crippen molar-refractivity contribution in [3.05, 3.63) is 29.8 Å². The molecule has 81 valence electrons. The van der Waals surface area contributed by atoms with Gasteiger partial charge in [0.05, 0.1) is 0 Å². The summed E-state index contributed by atoms with van der Waals surface area (Å²) in [5.41, 5.74) is 1.36. The Morgan fingerprint density at radius 1 is 1.20 bits per heavy atom. The van der Waals surface area contributed by atoms with Gasteiger partial charge in [0.25, 0.3) is 0 Å². The Morgan fingerprint density at radius 2 is 1.93 bits per heavy atom. The number of rotatable bonds is 7. The van der Waals surface area contributed by atoms with E-state index in [9.17, 15) is 4.79 Å². The molecule has 0 aromatic heterocycles. The molecule has 0 N–H and O–H groups in total. The molecule has 0 aliphatic rings. The van der Waals surface area contributed by atoms with Crippen LogP contribution in [0, 0.1) is 0 Å². The summed E-state index contributed by atoms with van der Waals surface area (Å²) in [4.78, 5) is 11.3. The summed E-state index contributed by atoms with van der Waals surface area (Å²) < 4.78 is 0. The van der Waals surface area contributed by atoms with Gasteiger partial charge in [0.15, 0.2) is 6.29 Å². The van der Waals surface area contributed by atoms with Crippen LogP contribution in [-0.2, 0) is 11.2 Å². The monoisotopic (exact) mass is 221 g/mol. The van der Waals surface area contributed by atoms with Crippen molar-refractivity contribution in [1.29, 1.82) is 0 Å². The van der Waals surface area contributed by atoms with E-state index in [1.165, 1.54) is 10.5 Å². The van der Waals surface area contributed by atoms with Crippen LogP contribution in [0.4, 0.5) is 0 Å². The second-order valence-corrected chi connectivity index (χ2v) is 4.77. The van der Waals surface area contributed by atoms with Gasteiger partial charge in [-0.15, -0.1) is 11.8 Å². The van der Waals surface area contributed by atoms with Gasteiger partial charge in [0, 0.05) is 11.3 Å². The highest BCUT2D eigenvalue weighted by Gasteiger charge is 1.95. The summed E-state index contributed by atoms with van der Waals surface area (Å²) in [7, 11) is 0. The van der Waals surface area contributed by atoms with Gasteiger partial charge in [-0.05, 0) is 42.7 Å². The van der Waals surface area contributed by atoms with Gasteiger partial charge in [0.2, 0.25) is 0 Å². The Morgan fingerprint density at radius 3 is 2.53 bits per heavy atom. The quantitative estimate of drug-likeness (QED) is 0.516. The molecular weight excluding hydrogens is 204 g/mol. The maximum Gasteiger partial charge on any atom is 0.198 e. The molecule has 0 amide bonds. The van der Waals surface area contributed by atoms with Crippen molar-refractivity contribution in [3.8, 4) is 0 Å². The zero-order valence-electron chi connectivity index (χ0n) is 9.16. The molecule has 0 aliphatic heterocycles. The Kier molecular flexibility index (Phi) is 6.17. The molecule has 0 bridgehead atoms. The number of carbonyl (C=O) groups excluding carboxylic acids is 1. The average molecular weight is 221 g/mol. The first-order chi connectivity index (χ1) is 7.36. The van der Waals surface area contributed by atoms with Gasteiger partial charge < -0.3 is 0 Å². The first-order valence-corrected chi connectivity index (χ1v) is 6.42. The fraction of sp³-hybridized carbons (Fsp3) is 0.462. The summed E-state index contributed by atoms with van der Waals surface area (Å²) in [6.07, 6.45) is 5.60. The van der Waals surface area contributed by atoms with E-state index >= 15 is 0 Å². The summed E-state index contributed by atoms with van der Waals surface area (Å²) in [6, 6.07) is 8.72. The lowest BCUT2D eigenvalue weighted by Gasteiger charge is -2.02. The standard InChI is InChI=1S/C13H17OS/c1-2-15-13-9-7-12(8-10-13)6-4-3-5-11-14/h7-10H,2-6H2,1H3. The Bertz CT molecular complexity index is 279. The summed E-state index contributed by atoms with van der Waals surface area (Å²) in [6.45, 7) is 2.16. The highest BCUT2D eigenvalue weighted by atomic mass is 32.2. The van der Waals surface area contributed by atoms with Crippen LogP contribution in [0.3, 0.4) is 0 Å². The minimum Gasteiger partial charge on any atom is -0.291 e. The van der Waals surface area contributed by atoms with Crippen LogP contribution in [0.1, 0.15) is 31.7 Å². The molecule has 1 rings (SSSR count). The number of benzene rings is 1. The maximum absolute atomic E-state index is 10.0. The van der Waals surface area contributed by atoms with Gasteiger partial charge in [-0.25, -0.2) is 0 Å². The predicted octanol–water partition coefficient (Wildman–Crippen LogP) is 3.62. The normalized spacial score (nSPS) is 10.2. The molecule has 1 radical (unpaired) electrons. The molecule has 1 aromatic carbocycles. The summed E-state index contributed by atoms with van der Waals surface area (Å²) >= 11 is 1.86. The van der Waals surface area contributed by atoms with Crippen LogP contribution in [0.2, 0.25) is 0 Å². The van der Waals surface area contributed by atoms with Crippen molar-refractivity contribution in [2.24, 2.45) is 0 Å². The minimum absolute atomic E-state index is 0.573. The first-order valence-electron chi connectivity index (χ1n) is 5.43. The molecule has 15 heavy (non-hydrogen) atoms. The van der Waals surface area contributed by atoms with Crippen LogP contribution in [-0.4, -0.2) is 12.0 Å². The molecule has 0 heterocycles. The lowest BCUT2D eigenvalue weighted by molar-refractivity contribution is 0.546. The lowest BCUT2D eigenvalue weighted by Crippen LogP contribution is -1.86. The molecule has 0 aliphatic carbocycles. The molecule has 0 saturated carbocycles. The number of unbranched alkanes of at least 4 members (excludes halogenated alkanes) is 2. The van der Waals surface area contributed by atoms with Crippen LogP contribution < -0.4 is 0 Å². The van der Waals surface area contributed by atoms with Crippen molar-refractivity contribution in [2.75, 3.05) is 5.75 Å². The van der Waals surface area contributed by atoms with Gasteiger partial charge in [-0.3, -0.25) is 4.79 Å². The van der Waals surface area contributed by atoms with Crippen molar-refractivity contribution in [3.63, 3.8) is 0 Å². The Balaban J connectivity index is 2.32. The van der Waals surface area contributed by atoms with Crippen molar-refractivity contribution >= 4 is 18.0 Å². The topological polar surface area (TPSA) is 17.1 Å². The largest absolute Gasteiger partial charge is 0.291 e. The fourth-order valence-corrected chi connectivity index (χ4v) is 2.11. The number of hydrogen-bond donors (Lipinski definition) is 0. The van der Waals surface area contributed by atoms with E-state index in [0.29, 0.717) is 6.42 Å². The molecule has 0 saturated heterocycles. The van der Waals surface area contributed by atoms with Crippen molar-refractivity contribution in [1.82, 2.24) is 0 Å². The second kappa shape index (κ2) is 7.52. The number of thioether (sulfide) groups is 1. The number of hydrogen-bond acceptors (Lipinski definition) is 2. The zero-order chi connectivity index (χ0) is 10.9. The molecule has 0 atom stereocenters. The van der Waals surface area contributed by atoms with E-state index in [1.807, 2.05) is 18.0 Å². The van der Waals surface area contributed by atoms with Gasteiger partial charge in [0.1, 0.15) is 0 Å². The third-order valence-corrected chi connectivity index (χ3v) is 3.12. The van der Waals surface area contributed by atoms with E-state index < -0.39 is 0 Å².